The van der Waals surface area contributed by atoms with Crippen LogP contribution in [0.25, 0.3) is 0 Å². The SMILES string of the molecule is Cc1cc(Nc2cc(NC(=O)CCCCCCOc3ccc4c(c3)C(=O)N(C3CCC(=O)NC3=O)C4=O)ncn2)c(=O)n2c1C(=O)NC21CCC2(CC2)CC1. The molecule has 6 amide bonds. The number of unbranched alkanes of at least 4 members (excludes halogenated alkanes) is 3. The quantitative estimate of drug-likeness (QED) is 0.154. The number of fused-ring (bicyclic) bond motifs is 3. The molecule has 1 aromatic carbocycles. The summed E-state index contributed by atoms with van der Waals surface area (Å²) in [6.45, 7) is 2.18. The van der Waals surface area contributed by atoms with Gasteiger partial charge in [0.05, 0.1) is 17.7 Å². The van der Waals surface area contributed by atoms with Gasteiger partial charge in [-0.2, -0.15) is 0 Å². The van der Waals surface area contributed by atoms with Crippen LogP contribution in [0.1, 0.15) is 120 Å². The predicted molar refractivity (Wildman–Crippen MR) is 197 cm³/mol. The topological polar surface area (TPSA) is 211 Å². The van der Waals surface area contributed by atoms with Gasteiger partial charge in [0, 0.05) is 18.9 Å². The van der Waals surface area contributed by atoms with E-state index >= 15 is 0 Å². The van der Waals surface area contributed by atoms with Crippen LogP contribution in [0.3, 0.4) is 0 Å². The molecule has 16 nitrogen and oxygen atoms in total. The van der Waals surface area contributed by atoms with Crippen molar-refractivity contribution >= 4 is 52.8 Å². The number of rotatable bonds is 12. The van der Waals surface area contributed by atoms with Gasteiger partial charge in [-0.15, -0.1) is 0 Å². The standard InChI is InChI=1S/C39H42N8O8/c1-22-18-26(37(54)47-32(22)34(51)45-39(47)15-13-38(11-12-38)14-16-39)42-28-20-29(41-21-40-28)43-30(48)6-4-2-3-5-17-55-23-7-8-24-25(19-23)36(53)46(35(24)52)27-9-10-31(49)44-33(27)50/h7-8,18-21,27H,2-6,9-17H2,1H3,(H,45,51)(H,44,49,50)(H2,40,41,42,43,48). The summed E-state index contributed by atoms with van der Waals surface area (Å²) in [7, 11) is 0. The van der Waals surface area contributed by atoms with Crippen LogP contribution in [0.15, 0.2) is 41.5 Å². The molecular weight excluding hydrogens is 708 g/mol. The number of pyridine rings is 1. The van der Waals surface area contributed by atoms with Gasteiger partial charge in [-0.25, -0.2) is 9.97 Å². The summed E-state index contributed by atoms with van der Waals surface area (Å²) in [6, 6.07) is 6.82. The molecule has 1 unspecified atom stereocenters. The third kappa shape index (κ3) is 6.85. The highest BCUT2D eigenvalue weighted by atomic mass is 16.5. The lowest BCUT2D eigenvalue weighted by Gasteiger charge is -2.39. The Bertz CT molecular complexity index is 2200. The number of nitrogens with one attached hydrogen (secondary N) is 4. The van der Waals surface area contributed by atoms with E-state index in [2.05, 4.69) is 31.2 Å². The Kier molecular flexibility index (Phi) is 9.21. The Morgan fingerprint density at radius 1 is 0.891 bits per heavy atom. The molecule has 2 aliphatic carbocycles. The largest absolute Gasteiger partial charge is 0.494 e. The molecule has 3 aromatic rings. The van der Waals surface area contributed by atoms with Crippen molar-refractivity contribution in [3.8, 4) is 5.75 Å². The van der Waals surface area contributed by atoms with Crippen molar-refractivity contribution in [3.05, 3.63) is 69.4 Å². The molecule has 3 aliphatic heterocycles. The second-order valence-electron chi connectivity index (χ2n) is 15.3. The number of carbonyl (C=O) groups excluding carboxylic acids is 6. The highest BCUT2D eigenvalue weighted by Crippen LogP contribution is 2.59. The van der Waals surface area contributed by atoms with Crippen molar-refractivity contribution in [2.45, 2.75) is 102 Å². The summed E-state index contributed by atoms with van der Waals surface area (Å²) in [4.78, 5) is 98.7. The van der Waals surface area contributed by atoms with Crippen molar-refractivity contribution in [2.75, 3.05) is 17.2 Å². The molecule has 16 heteroatoms. The minimum atomic E-state index is -1.03. The number of hydrogen-bond donors (Lipinski definition) is 4. The molecule has 8 rings (SSSR count). The van der Waals surface area contributed by atoms with Crippen molar-refractivity contribution in [2.24, 2.45) is 5.41 Å². The molecule has 1 saturated heterocycles. The number of aromatic nitrogens is 3. The average molecular weight is 751 g/mol. The number of hydrogen-bond acceptors (Lipinski definition) is 11. The highest BCUT2D eigenvalue weighted by molar-refractivity contribution is 6.23. The molecule has 1 atom stereocenters. The number of piperidine rings is 1. The summed E-state index contributed by atoms with van der Waals surface area (Å²) >= 11 is 0. The molecule has 2 saturated carbocycles. The smallest absolute Gasteiger partial charge is 0.276 e. The van der Waals surface area contributed by atoms with Gasteiger partial charge in [-0.1, -0.05) is 12.8 Å². The number of anilines is 3. The molecule has 5 aliphatic rings. The van der Waals surface area contributed by atoms with Crippen molar-refractivity contribution in [1.29, 1.82) is 0 Å². The number of carbonyl (C=O) groups is 6. The van der Waals surface area contributed by atoms with Crippen LogP contribution in [0.4, 0.5) is 17.3 Å². The third-order valence-electron chi connectivity index (χ3n) is 11.7. The minimum absolute atomic E-state index is 0.0508. The van der Waals surface area contributed by atoms with E-state index in [9.17, 15) is 33.6 Å². The molecule has 5 heterocycles. The van der Waals surface area contributed by atoms with Gasteiger partial charge < -0.3 is 20.7 Å². The van der Waals surface area contributed by atoms with E-state index in [4.69, 9.17) is 4.74 Å². The van der Waals surface area contributed by atoms with E-state index in [0.29, 0.717) is 59.2 Å². The first-order valence-corrected chi connectivity index (χ1v) is 18.9. The molecule has 3 fully saturated rings. The first-order valence-electron chi connectivity index (χ1n) is 18.9. The summed E-state index contributed by atoms with van der Waals surface area (Å²) in [5.74, 6) is -1.63. The number of nitrogens with zero attached hydrogens (tertiary/aromatic N) is 4. The monoisotopic (exact) mass is 750 g/mol. The van der Waals surface area contributed by atoms with Crippen LogP contribution in [-0.4, -0.2) is 67.5 Å². The third-order valence-corrected chi connectivity index (χ3v) is 11.7. The van der Waals surface area contributed by atoms with Crippen LogP contribution in [0.2, 0.25) is 0 Å². The zero-order chi connectivity index (χ0) is 38.5. The van der Waals surface area contributed by atoms with Crippen LogP contribution in [-0.2, 0) is 20.0 Å². The van der Waals surface area contributed by atoms with E-state index < -0.39 is 35.3 Å². The molecule has 286 valence electrons. The first-order chi connectivity index (χ1) is 26.5. The van der Waals surface area contributed by atoms with Crippen LogP contribution >= 0.6 is 0 Å². The fourth-order valence-corrected chi connectivity index (χ4v) is 8.38. The van der Waals surface area contributed by atoms with E-state index in [0.717, 1.165) is 43.4 Å². The molecule has 2 aromatic heterocycles. The Labute approximate surface area is 315 Å². The Balaban J connectivity index is 0.788. The number of imide groups is 2. The first kappa shape index (κ1) is 36.1. The number of amides is 6. The van der Waals surface area contributed by atoms with Crippen LogP contribution < -0.4 is 31.6 Å². The zero-order valence-corrected chi connectivity index (χ0v) is 30.5. The van der Waals surface area contributed by atoms with Crippen molar-refractivity contribution in [3.63, 3.8) is 0 Å². The maximum Gasteiger partial charge on any atom is 0.276 e. The van der Waals surface area contributed by atoms with E-state index in [-0.39, 0.29) is 47.8 Å². The van der Waals surface area contributed by atoms with Gasteiger partial charge in [-0.05, 0) is 100.0 Å². The zero-order valence-electron chi connectivity index (χ0n) is 30.5. The van der Waals surface area contributed by atoms with Gasteiger partial charge in [0.1, 0.15) is 46.8 Å². The van der Waals surface area contributed by atoms with Crippen LogP contribution in [0, 0.1) is 12.3 Å². The minimum Gasteiger partial charge on any atom is -0.494 e. The molecule has 55 heavy (non-hydrogen) atoms. The van der Waals surface area contributed by atoms with Gasteiger partial charge >= 0.3 is 0 Å². The van der Waals surface area contributed by atoms with E-state index in [1.165, 1.54) is 31.3 Å². The lowest BCUT2D eigenvalue weighted by molar-refractivity contribution is -0.136. The van der Waals surface area contributed by atoms with E-state index in [1.807, 2.05) is 6.92 Å². The molecule has 4 N–H and O–H groups in total. The summed E-state index contributed by atoms with van der Waals surface area (Å²) in [5.41, 5.74) is 1.11. The Morgan fingerprint density at radius 3 is 2.38 bits per heavy atom. The predicted octanol–water partition coefficient (Wildman–Crippen LogP) is 3.81. The lowest BCUT2D eigenvalue weighted by atomic mass is 9.79. The molecule has 0 bridgehead atoms. The van der Waals surface area contributed by atoms with Gasteiger partial charge in [0.2, 0.25) is 17.7 Å². The summed E-state index contributed by atoms with van der Waals surface area (Å²) in [5, 5.41) is 11.2. The van der Waals surface area contributed by atoms with Crippen molar-refractivity contribution in [1.82, 2.24) is 30.1 Å². The second-order valence-corrected chi connectivity index (χ2v) is 15.3. The second kappa shape index (κ2) is 14.0. The van der Waals surface area contributed by atoms with Crippen LogP contribution in [0.5, 0.6) is 5.75 Å². The molecular formula is C39H42N8O8. The van der Waals surface area contributed by atoms with Gasteiger partial charge in [0.25, 0.3) is 23.3 Å². The molecule has 2 spiro atoms. The van der Waals surface area contributed by atoms with Gasteiger partial charge in [-0.3, -0.25) is 48.3 Å². The lowest BCUT2D eigenvalue weighted by Crippen LogP contribution is -2.54. The summed E-state index contributed by atoms with van der Waals surface area (Å²) < 4.78 is 7.48. The van der Waals surface area contributed by atoms with Crippen molar-refractivity contribution < 1.29 is 33.5 Å². The summed E-state index contributed by atoms with van der Waals surface area (Å²) in [6.07, 6.45) is 10.5. The van der Waals surface area contributed by atoms with E-state index in [1.54, 1.807) is 22.8 Å². The average Bonchev–Trinajstić information content (AvgIpc) is 3.79. The Morgan fingerprint density at radius 2 is 1.62 bits per heavy atom. The maximum absolute atomic E-state index is 13.8. The maximum atomic E-state index is 13.8. The fourth-order valence-electron chi connectivity index (χ4n) is 8.38. The normalized spacial score (nSPS) is 20.3. The Hall–Kier alpha value is -5.93. The number of aryl methyl sites for hydroxylation is 1. The van der Waals surface area contributed by atoms with Gasteiger partial charge in [0.15, 0.2) is 0 Å². The molecule has 0 radical (unpaired) electrons. The highest BCUT2D eigenvalue weighted by Gasteiger charge is 2.54. The number of ether oxygens (including phenoxy) is 1. The number of benzene rings is 1. The fraction of sp³-hybridized carbons (Fsp3) is 0.462.